The molecule has 90 valence electrons. The largest absolute Gasteiger partial charge is 0.385 e. The van der Waals surface area contributed by atoms with Gasteiger partial charge in [-0.05, 0) is 44.1 Å². The molecule has 0 radical (unpaired) electrons. The molecule has 0 heterocycles. The molecule has 1 aliphatic carbocycles. The summed E-state index contributed by atoms with van der Waals surface area (Å²) in [6, 6.07) is 0. The average Bonchev–Trinajstić information content (AvgIpc) is 2.23. The zero-order valence-electron chi connectivity index (χ0n) is 11.0. The molecular weight excluding hydrogens is 196 g/mol. The monoisotopic (exact) mass is 220 g/mol. The normalized spacial score (nSPS) is 35.2. The Kier molecular flexibility index (Phi) is 4.55. The predicted octanol–water partition coefficient (Wildman–Crippen LogP) is 4.01. The Labute approximate surface area is 99.6 Å². The van der Waals surface area contributed by atoms with E-state index in [-0.39, 0.29) is 5.41 Å². The Morgan fingerprint density at radius 3 is 2.62 bits per heavy atom. The van der Waals surface area contributed by atoms with E-state index in [1.54, 1.807) is 0 Å². The third kappa shape index (κ3) is 4.36. The Bertz CT molecular complexity index is 318. The highest BCUT2D eigenvalue weighted by Gasteiger charge is 2.13. The Hall–Kier alpha value is -0.820. The smallest absolute Gasteiger partial charge is 0.0929 e. The standard InChI is InChI=1S/C15H24O/c1-12-6-5-7-13(2)14(16)9-11-15(3,4)10-8-12/h7-9,11,14,16H,5-6,10H2,1-4H3/b11-9-,12-8+,13-7+. The molecule has 1 aliphatic rings. The summed E-state index contributed by atoms with van der Waals surface area (Å²) in [6.07, 6.45) is 11.3. The van der Waals surface area contributed by atoms with Gasteiger partial charge in [-0.25, -0.2) is 0 Å². The first kappa shape index (κ1) is 13.2. The molecule has 1 nitrogen and oxygen atoms in total. The van der Waals surface area contributed by atoms with Crippen molar-refractivity contribution in [1.29, 1.82) is 0 Å². The van der Waals surface area contributed by atoms with Crippen molar-refractivity contribution in [2.45, 2.75) is 53.1 Å². The van der Waals surface area contributed by atoms with Crippen LogP contribution in [0, 0.1) is 5.41 Å². The maximum Gasteiger partial charge on any atom is 0.0929 e. The van der Waals surface area contributed by atoms with E-state index < -0.39 is 6.10 Å². The van der Waals surface area contributed by atoms with Gasteiger partial charge in [0.15, 0.2) is 0 Å². The second kappa shape index (κ2) is 5.49. The van der Waals surface area contributed by atoms with Gasteiger partial charge in [-0.15, -0.1) is 0 Å². The third-order valence-electron chi connectivity index (χ3n) is 3.18. The van der Waals surface area contributed by atoms with Crippen LogP contribution in [0.4, 0.5) is 0 Å². The molecule has 1 atom stereocenters. The molecule has 0 aromatic heterocycles. The quantitative estimate of drug-likeness (QED) is 0.612. The second-order valence-electron chi connectivity index (χ2n) is 5.53. The highest BCUT2D eigenvalue weighted by molar-refractivity contribution is 5.16. The highest BCUT2D eigenvalue weighted by atomic mass is 16.3. The van der Waals surface area contributed by atoms with Gasteiger partial charge in [0.2, 0.25) is 0 Å². The van der Waals surface area contributed by atoms with Crippen LogP contribution in [0.5, 0.6) is 0 Å². The summed E-state index contributed by atoms with van der Waals surface area (Å²) >= 11 is 0. The molecule has 16 heavy (non-hydrogen) atoms. The number of hydrogen-bond acceptors (Lipinski definition) is 1. The summed E-state index contributed by atoms with van der Waals surface area (Å²) in [5, 5.41) is 9.92. The van der Waals surface area contributed by atoms with E-state index in [0.717, 1.165) is 24.8 Å². The highest BCUT2D eigenvalue weighted by Crippen LogP contribution is 2.25. The van der Waals surface area contributed by atoms with Gasteiger partial charge in [0.1, 0.15) is 0 Å². The van der Waals surface area contributed by atoms with Crippen LogP contribution in [0.25, 0.3) is 0 Å². The van der Waals surface area contributed by atoms with Crippen molar-refractivity contribution in [3.8, 4) is 0 Å². The van der Waals surface area contributed by atoms with Gasteiger partial charge in [-0.3, -0.25) is 0 Å². The molecule has 0 bridgehead atoms. The lowest BCUT2D eigenvalue weighted by atomic mass is 9.87. The van der Waals surface area contributed by atoms with E-state index in [1.807, 2.05) is 13.0 Å². The number of hydrogen-bond donors (Lipinski definition) is 1. The van der Waals surface area contributed by atoms with Crippen LogP contribution in [0.15, 0.2) is 35.5 Å². The first-order valence-corrected chi connectivity index (χ1v) is 6.10. The lowest BCUT2D eigenvalue weighted by Gasteiger charge is -2.19. The summed E-state index contributed by atoms with van der Waals surface area (Å²) in [5.74, 6) is 0. The van der Waals surface area contributed by atoms with Gasteiger partial charge in [0.25, 0.3) is 0 Å². The van der Waals surface area contributed by atoms with Crippen LogP contribution in [0.1, 0.15) is 47.0 Å². The molecule has 1 heteroatoms. The second-order valence-corrected chi connectivity index (χ2v) is 5.53. The van der Waals surface area contributed by atoms with Crippen molar-refractivity contribution >= 4 is 0 Å². The van der Waals surface area contributed by atoms with Crippen molar-refractivity contribution in [2.24, 2.45) is 5.41 Å². The molecule has 1 N–H and O–H groups in total. The number of allylic oxidation sites excluding steroid dienone is 4. The van der Waals surface area contributed by atoms with Gasteiger partial charge in [0, 0.05) is 0 Å². The molecule has 0 aromatic rings. The van der Waals surface area contributed by atoms with Crippen molar-refractivity contribution < 1.29 is 5.11 Å². The number of aliphatic hydroxyl groups excluding tert-OH is 1. The van der Waals surface area contributed by atoms with Gasteiger partial charge in [-0.2, -0.15) is 0 Å². The Morgan fingerprint density at radius 1 is 1.25 bits per heavy atom. The molecule has 0 fully saturated rings. The van der Waals surface area contributed by atoms with Crippen LogP contribution in [-0.4, -0.2) is 11.2 Å². The summed E-state index contributed by atoms with van der Waals surface area (Å²) in [6.45, 7) is 8.60. The molecule has 1 unspecified atom stereocenters. The zero-order chi connectivity index (χ0) is 12.2. The fourth-order valence-corrected chi connectivity index (χ4v) is 1.76. The van der Waals surface area contributed by atoms with Crippen molar-refractivity contribution in [3.05, 3.63) is 35.5 Å². The fourth-order valence-electron chi connectivity index (χ4n) is 1.76. The molecular formula is C15H24O. The van der Waals surface area contributed by atoms with Crippen molar-refractivity contribution in [3.63, 3.8) is 0 Å². The molecule has 0 spiro atoms. The van der Waals surface area contributed by atoms with Gasteiger partial charge in [-0.1, -0.05) is 43.7 Å². The summed E-state index contributed by atoms with van der Waals surface area (Å²) in [7, 11) is 0. The Morgan fingerprint density at radius 2 is 1.94 bits per heavy atom. The third-order valence-corrected chi connectivity index (χ3v) is 3.18. The summed E-state index contributed by atoms with van der Waals surface area (Å²) in [5.41, 5.74) is 2.64. The van der Waals surface area contributed by atoms with Crippen LogP contribution in [0.3, 0.4) is 0 Å². The van der Waals surface area contributed by atoms with E-state index in [2.05, 4.69) is 39.0 Å². The van der Waals surface area contributed by atoms with E-state index in [0.29, 0.717) is 0 Å². The minimum absolute atomic E-state index is 0.132. The first-order valence-electron chi connectivity index (χ1n) is 6.10. The Balaban J connectivity index is 2.90. The minimum Gasteiger partial charge on any atom is -0.385 e. The van der Waals surface area contributed by atoms with Crippen LogP contribution >= 0.6 is 0 Å². The average molecular weight is 220 g/mol. The van der Waals surface area contributed by atoms with Crippen LogP contribution in [-0.2, 0) is 0 Å². The lowest BCUT2D eigenvalue weighted by Crippen LogP contribution is -2.09. The molecule has 0 aliphatic heterocycles. The SMILES string of the molecule is C/C1=C\CC(C)(C)/C=C\C(O)/C(C)=C/CC1. The van der Waals surface area contributed by atoms with E-state index in [1.165, 1.54) is 5.57 Å². The lowest BCUT2D eigenvalue weighted by molar-refractivity contribution is 0.256. The summed E-state index contributed by atoms with van der Waals surface area (Å²) in [4.78, 5) is 0. The molecule has 0 aromatic carbocycles. The number of aliphatic hydroxyl groups is 1. The van der Waals surface area contributed by atoms with E-state index in [9.17, 15) is 5.11 Å². The fraction of sp³-hybridized carbons (Fsp3) is 0.600. The van der Waals surface area contributed by atoms with Crippen molar-refractivity contribution in [2.75, 3.05) is 0 Å². The van der Waals surface area contributed by atoms with E-state index >= 15 is 0 Å². The number of rotatable bonds is 0. The molecule has 1 rings (SSSR count). The van der Waals surface area contributed by atoms with Gasteiger partial charge < -0.3 is 5.11 Å². The maximum atomic E-state index is 9.92. The van der Waals surface area contributed by atoms with Crippen molar-refractivity contribution in [1.82, 2.24) is 0 Å². The molecule has 0 amide bonds. The van der Waals surface area contributed by atoms with Gasteiger partial charge in [0.05, 0.1) is 6.10 Å². The van der Waals surface area contributed by atoms with Gasteiger partial charge >= 0.3 is 0 Å². The zero-order valence-corrected chi connectivity index (χ0v) is 11.0. The molecule has 0 saturated carbocycles. The van der Waals surface area contributed by atoms with Crippen LogP contribution in [0.2, 0.25) is 0 Å². The van der Waals surface area contributed by atoms with E-state index in [4.69, 9.17) is 0 Å². The minimum atomic E-state index is -0.419. The molecule has 0 saturated heterocycles. The predicted molar refractivity (Wildman–Crippen MR) is 70.3 cm³/mol. The topological polar surface area (TPSA) is 20.2 Å². The summed E-state index contributed by atoms with van der Waals surface area (Å²) < 4.78 is 0. The van der Waals surface area contributed by atoms with Crippen LogP contribution < -0.4 is 0 Å². The maximum absolute atomic E-state index is 9.92. The first-order chi connectivity index (χ1) is 7.41.